The second kappa shape index (κ2) is 8.34. The van der Waals surface area contributed by atoms with E-state index in [1.807, 2.05) is 18.2 Å². The summed E-state index contributed by atoms with van der Waals surface area (Å²) in [4.78, 5) is 18.6. The minimum atomic E-state index is -3.49. The highest BCUT2D eigenvalue weighted by molar-refractivity contribution is 7.87. The molecule has 1 saturated carbocycles. The van der Waals surface area contributed by atoms with Gasteiger partial charge in [0.05, 0.1) is 13.2 Å². The van der Waals surface area contributed by atoms with Gasteiger partial charge in [0.1, 0.15) is 5.82 Å². The summed E-state index contributed by atoms with van der Waals surface area (Å²) in [5, 5.41) is 7.28. The summed E-state index contributed by atoms with van der Waals surface area (Å²) in [6.07, 6.45) is 3.24. The number of piperidine rings is 1. The van der Waals surface area contributed by atoms with E-state index in [0.717, 1.165) is 18.7 Å². The molecule has 2 aliphatic heterocycles. The molecule has 5 rings (SSSR count). The number of nitrogens with zero attached hydrogens (tertiary/aromatic N) is 5. The number of hydrogen-bond donors (Lipinski definition) is 2. The van der Waals surface area contributed by atoms with Gasteiger partial charge < -0.3 is 9.64 Å². The first-order valence-electron chi connectivity index (χ1n) is 10.8. The highest BCUT2D eigenvalue weighted by Gasteiger charge is 2.31. The van der Waals surface area contributed by atoms with Crippen molar-refractivity contribution >= 4 is 33.5 Å². The third-order valence-corrected chi connectivity index (χ3v) is 7.64. The lowest BCUT2D eigenvalue weighted by atomic mass is 10.1. The standard InChI is InChI=1S/C19H27N7O4S/c27-18(14-4-5-14)21-19-20-16-2-1-3-17(26(16)22-19)24-8-6-15(7-9-24)23-31(28,29)25-10-12-30-13-11-25/h1-3,14-15,23H,4-13H2,(H,21,22,27). The number of carbonyl (C=O) groups excluding carboxylic acids is 1. The molecule has 2 N–H and O–H groups in total. The van der Waals surface area contributed by atoms with Gasteiger partial charge in [-0.3, -0.25) is 10.1 Å². The molecule has 3 fully saturated rings. The van der Waals surface area contributed by atoms with Crippen LogP contribution in [-0.4, -0.2) is 78.7 Å². The zero-order valence-electron chi connectivity index (χ0n) is 17.2. The van der Waals surface area contributed by atoms with E-state index < -0.39 is 10.2 Å². The molecule has 168 valence electrons. The number of hydrogen-bond acceptors (Lipinski definition) is 7. The normalized spacial score (nSPS) is 21.5. The van der Waals surface area contributed by atoms with Crippen molar-refractivity contribution in [1.82, 2.24) is 23.6 Å². The maximum absolute atomic E-state index is 12.6. The Morgan fingerprint density at radius 3 is 2.52 bits per heavy atom. The molecule has 0 spiro atoms. The molecule has 0 radical (unpaired) electrons. The zero-order chi connectivity index (χ0) is 21.4. The van der Waals surface area contributed by atoms with Gasteiger partial charge in [-0.15, -0.1) is 5.10 Å². The summed E-state index contributed by atoms with van der Waals surface area (Å²) < 4.78 is 36.5. The lowest BCUT2D eigenvalue weighted by molar-refractivity contribution is -0.117. The number of aromatic nitrogens is 3. The van der Waals surface area contributed by atoms with Crippen LogP contribution in [0.4, 0.5) is 11.8 Å². The number of pyridine rings is 1. The SMILES string of the molecule is O=C(Nc1nc2cccc(N3CCC(NS(=O)(=O)N4CCOCC4)CC3)n2n1)C1CC1. The Labute approximate surface area is 180 Å². The molecule has 0 atom stereocenters. The molecule has 2 aromatic rings. The van der Waals surface area contributed by atoms with E-state index in [0.29, 0.717) is 63.8 Å². The van der Waals surface area contributed by atoms with E-state index in [2.05, 4.69) is 25.0 Å². The van der Waals surface area contributed by atoms with E-state index in [9.17, 15) is 13.2 Å². The topological polar surface area (TPSA) is 121 Å². The molecule has 0 aromatic carbocycles. The van der Waals surface area contributed by atoms with Gasteiger partial charge in [-0.2, -0.15) is 26.9 Å². The van der Waals surface area contributed by atoms with Crippen molar-refractivity contribution in [2.45, 2.75) is 31.7 Å². The lowest BCUT2D eigenvalue weighted by Gasteiger charge is -2.35. The Hall–Kier alpha value is -2.28. The summed E-state index contributed by atoms with van der Waals surface area (Å²) >= 11 is 0. The largest absolute Gasteiger partial charge is 0.379 e. The van der Waals surface area contributed by atoms with Crippen LogP contribution in [0.3, 0.4) is 0 Å². The van der Waals surface area contributed by atoms with Crippen LogP contribution in [-0.2, 0) is 19.7 Å². The summed E-state index contributed by atoms with van der Waals surface area (Å²) in [6.45, 7) is 3.04. The Morgan fingerprint density at radius 2 is 1.81 bits per heavy atom. The van der Waals surface area contributed by atoms with Gasteiger partial charge in [-0.25, -0.2) is 0 Å². The van der Waals surface area contributed by atoms with Crippen LogP contribution in [0.25, 0.3) is 5.65 Å². The molecule has 3 aliphatic rings. The molecule has 2 saturated heterocycles. The van der Waals surface area contributed by atoms with E-state index in [-0.39, 0.29) is 17.9 Å². The first-order valence-corrected chi connectivity index (χ1v) is 12.2. The Balaban J connectivity index is 1.24. The zero-order valence-corrected chi connectivity index (χ0v) is 18.1. The van der Waals surface area contributed by atoms with Crippen molar-refractivity contribution in [1.29, 1.82) is 0 Å². The van der Waals surface area contributed by atoms with Gasteiger partial charge in [-0.05, 0) is 37.8 Å². The number of amides is 1. The van der Waals surface area contributed by atoms with Gasteiger partial charge in [-0.1, -0.05) is 6.07 Å². The van der Waals surface area contributed by atoms with Crippen molar-refractivity contribution in [3.63, 3.8) is 0 Å². The summed E-state index contributed by atoms with van der Waals surface area (Å²) in [7, 11) is -3.49. The van der Waals surface area contributed by atoms with Crippen LogP contribution in [0.1, 0.15) is 25.7 Å². The molecule has 2 aromatic heterocycles. The molecular formula is C19H27N7O4S. The molecule has 1 amide bonds. The van der Waals surface area contributed by atoms with Crippen LogP contribution >= 0.6 is 0 Å². The first kappa shape index (κ1) is 20.6. The van der Waals surface area contributed by atoms with Crippen molar-refractivity contribution in [3.8, 4) is 0 Å². The fraction of sp³-hybridized carbons (Fsp3) is 0.632. The van der Waals surface area contributed by atoms with Gasteiger partial charge in [0.2, 0.25) is 11.9 Å². The number of anilines is 2. The quantitative estimate of drug-likeness (QED) is 0.647. The first-order chi connectivity index (χ1) is 15.0. The van der Waals surface area contributed by atoms with Crippen molar-refractivity contribution < 1.29 is 17.9 Å². The minimum Gasteiger partial charge on any atom is -0.379 e. The average Bonchev–Trinajstić information content (AvgIpc) is 3.55. The summed E-state index contributed by atoms with van der Waals surface area (Å²) in [5.41, 5.74) is 0.666. The third kappa shape index (κ3) is 4.52. The molecule has 31 heavy (non-hydrogen) atoms. The van der Waals surface area contributed by atoms with E-state index in [4.69, 9.17) is 4.74 Å². The van der Waals surface area contributed by atoms with Crippen LogP contribution in [0, 0.1) is 5.92 Å². The maximum atomic E-state index is 12.6. The molecular weight excluding hydrogens is 422 g/mol. The molecule has 0 bridgehead atoms. The van der Waals surface area contributed by atoms with Gasteiger partial charge in [0.25, 0.3) is 10.2 Å². The highest BCUT2D eigenvalue weighted by Crippen LogP contribution is 2.30. The number of rotatable bonds is 6. The van der Waals surface area contributed by atoms with E-state index >= 15 is 0 Å². The van der Waals surface area contributed by atoms with Crippen LogP contribution < -0.4 is 14.9 Å². The van der Waals surface area contributed by atoms with E-state index in [1.54, 1.807) is 4.52 Å². The monoisotopic (exact) mass is 449 g/mol. The smallest absolute Gasteiger partial charge is 0.279 e. The molecule has 0 unspecified atom stereocenters. The van der Waals surface area contributed by atoms with Crippen molar-refractivity contribution in [2.24, 2.45) is 5.92 Å². The molecule has 1 aliphatic carbocycles. The second-order valence-electron chi connectivity index (χ2n) is 8.25. The van der Waals surface area contributed by atoms with Gasteiger partial charge >= 0.3 is 0 Å². The molecule has 12 heteroatoms. The molecule has 4 heterocycles. The fourth-order valence-electron chi connectivity index (χ4n) is 4.04. The summed E-state index contributed by atoms with van der Waals surface area (Å²) in [6, 6.07) is 5.63. The second-order valence-corrected chi connectivity index (χ2v) is 9.95. The van der Waals surface area contributed by atoms with Crippen molar-refractivity contribution in [2.75, 3.05) is 49.6 Å². The number of fused-ring (bicyclic) bond motifs is 1. The average molecular weight is 450 g/mol. The van der Waals surface area contributed by atoms with Crippen LogP contribution in [0.15, 0.2) is 18.2 Å². The Kier molecular flexibility index (Phi) is 5.54. The lowest BCUT2D eigenvalue weighted by Crippen LogP contribution is -2.52. The Bertz CT molecular complexity index is 1050. The van der Waals surface area contributed by atoms with E-state index in [1.165, 1.54) is 4.31 Å². The third-order valence-electron chi connectivity index (χ3n) is 5.97. The summed E-state index contributed by atoms with van der Waals surface area (Å²) in [5.74, 6) is 1.26. The van der Waals surface area contributed by atoms with Gasteiger partial charge in [0, 0.05) is 38.1 Å². The molecule has 11 nitrogen and oxygen atoms in total. The van der Waals surface area contributed by atoms with Crippen LogP contribution in [0.2, 0.25) is 0 Å². The van der Waals surface area contributed by atoms with Crippen LogP contribution in [0.5, 0.6) is 0 Å². The Morgan fingerprint density at radius 1 is 1.06 bits per heavy atom. The number of nitrogens with one attached hydrogen (secondary N) is 2. The van der Waals surface area contributed by atoms with Gasteiger partial charge in [0.15, 0.2) is 5.65 Å². The highest BCUT2D eigenvalue weighted by atomic mass is 32.2. The van der Waals surface area contributed by atoms with Crippen molar-refractivity contribution in [3.05, 3.63) is 18.2 Å². The predicted molar refractivity (Wildman–Crippen MR) is 114 cm³/mol. The number of morpholine rings is 1. The fourth-order valence-corrected chi connectivity index (χ4v) is 5.48. The maximum Gasteiger partial charge on any atom is 0.279 e. The number of carbonyl (C=O) groups is 1. The number of ether oxygens (including phenoxy) is 1. The minimum absolute atomic E-state index is 0.0224. The predicted octanol–water partition coefficient (Wildman–Crippen LogP) is 0.213.